The van der Waals surface area contributed by atoms with E-state index in [1.807, 2.05) is 42.5 Å². The molecule has 122 valence electrons. The van der Waals surface area contributed by atoms with Crippen LogP contribution in [0.25, 0.3) is 0 Å². The molecule has 0 heterocycles. The van der Waals surface area contributed by atoms with E-state index in [-0.39, 0.29) is 12.0 Å². The van der Waals surface area contributed by atoms with Gasteiger partial charge in [-0.05, 0) is 60.9 Å². The minimum atomic E-state index is -0.905. The van der Waals surface area contributed by atoms with Crippen LogP contribution in [0.4, 0.5) is 0 Å². The van der Waals surface area contributed by atoms with Crippen LogP contribution in [0.5, 0.6) is 11.5 Å². The average Bonchev–Trinajstić information content (AvgIpc) is 2.59. The van der Waals surface area contributed by atoms with Crippen molar-refractivity contribution in [3.8, 4) is 11.5 Å². The SMILES string of the molecule is CC1(c2cccc(Oc3ccccc3)c2)CCC(O)(CO)CC1. The number of hydrogen-bond acceptors (Lipinski definition) is 3. The van der Waals surface area contributed by atoms with Gasteiger partial charge in [0.15, 0.2) is 0 Å². The first-order valence-corrected chi connectivity index (χ1v) is 8.20. The van der Waals surface area contributed by atoms with Gasteiger partial charge in [-0.15, -0.1) is 0 Å². The second kappa shape index (κ2) is 6.34. The van der Waals surface area contributed by atoms with Crippen LogP contribution in [0.2, 0.25) is 0 Å². The van der Waals surface area contributed by atoms with E-state index >= 15 is 0 Å². The topological polar surface area (TPSA) is 49.7 Å². The summed E-state index contributed by atoms with van der Waals surface area (Å²) in [6.07, 6.45) is 2.98. The predicted octanol–water partition coefficient (Wildman–Crippen LogP) is 4.03. The first kappa shape index (κ1) is 16.0. The molecule has 2 aromatic rings. The van der Waals surface area contributed by atoms with Gasteiger partial charge in [-0.2, -0.15) is 0 Å². The summed E-state index contributed by atoms with van der Waals surface area (Å²) in [6.45, 7) is 2.08. The fourth-order valence-corrected chi connectivity index (χ4v) is 3.27. The van der Waals surface area contributed by atoms with Crippen LogP contribution in [0.1, 0.15) is 38.2 Å². The van der Waals surface area contributed by atoms with E-state index in [1.165, 1.54) is 5.56 Å². The lowest BCUT2D eigenvalue weighted by atomic mass is 9.66. The van der Waals surface area contributed by atoms with E-state index in [1.54, 1.807) is 0 Å². The fraction of sp³-hybridized carbons (Fsp3) is 0.400. The summed E-state index contributed by atoms with van der Waals surface area (Å²) in [4.78, 5) is 0. The van der Waals surface area contributed by atoms with Crippen LogP contribution >= 0.6 is 0 Å². The Morgan fingerprint density at radius 3 is 2.22 bits per heavy atom. The van der Waals surface area contributed by atoms with E-state index in [2.05, 4.69) is 19.1 Å². The Hall–Kier alpha value is -1.84. The highest BCUT2D eigenvalue weighted by Gasteiger charge is 2.39. The third-order valence-corrected chi connectivity index (χ3v) is 5.09. The Bertz CT molecular complexity index is 643. The standard InChI is InChI=1S/C20H24O3/c1-19(10-12-20(22,15-21)13-11-19)16-6-5-9-18(14-16)23-17-7-3-2-4-8-17/h2-9,14,21-22H,10-13,15H2,1H3. The molecule has 0 spiro atoms. The van der Waals surface area contributed by atoms with E-state index in [0.29, 0.717) is 12.8 Å². The van der Waals surface area contributed by atoms with Crippen molar-refractivity contribution in [2.75, 3.05) is 6.61 Å². The molecule has 1 aliphatic rings. The van der Waals surface area contributed by atoms with Crippen LogP contribution in [-0.2, 0) is 5.41 Å². The fourth-order valence-electron chi connectivity index (χ4n) is 3.27. The first-order valence-electron chi connectivity index (χ1n) is 8.20. The number of ether oxygens (including phenoxy) is 1. The highest BCUT2D eigenvalue weighted by molar-refractivity contribution is 5.37. The lowest BCUT2D eigenvalue weighted by Gasteiger charge is -2.41. The van der Waals surface area contributed by atoms with Gasteiger partial charge in [0.25, 0.3) is 0 Å². The largest absolute Gasteiger partial charge is 0.457 e. The van der Waals surface area contributed by atoms with E-state index in [9.17, 15) is 10.2 Å². The molecule has 3 nitrogen and oxygen atoms in total. The number of aliphatic hydroxyl groups excluding tert-OH is 1. The number of aliphatic hydroxyl groups is 2. The smallest absolute Gasteiger partial charge is 0.127 e. The Morgan fingerprint density at radius 1 is 0.913 bits per heavy atom. The minimum Gasteiger partial charge on any atom is -0.457 e. The minimum absolute atomic E-state index is 0.0114. The zero-order chi connectivity index (χ0) is 16.3. The van der Waals surface area contributed by atoms with Gasteiger partial charge >= 0.3 is 0 Å². The van der Waals surface area contributed by atoms with Crippen molar-refractivity contribution in [2.24, 2.45) is 0 Å². The van der Waals surface area contributed by atoms with E-state index in [0.717, 1.165) is 24.3 Å². The van der Waals surface area contributed by atoms with Crippen LogP contribution < -0.4 is 4.74 Å². The molecule has 0 unspecified atom stereocenters. The molecule has 0 amide bonds. The summed E-state index contributed by atoms with van der Waals surface area (Å²) in [6, 6.07) is 18.0. The summed E-state index contributed by atoms with van der Waals surface area (Å²) >= 11 is 0. The Morgan fingerprint density at radius 2 is 1.57 bits per heavy atom. The Kier molecular flexibility index (Phi) is 4.42. The number of hydrogen-bond donors (Lipinski definition) is 2. The molecule has 1 saturated carbocycles. The summed E-state index contributed by atoms with van der Waals surface area (Å²) in [5.41, 5.74) is 0.334. The van der Waals surface area contributed by atoms with Gasteiger partial charge < -0.3 is 14.9 Å². The van der Waals surface area contributed by atoms with E-state index in [4.69, 9.17) is 4.74 Å². The van der Waals surface area contributed by atoms with Gasteiger partial charge in [-0.1, -0.05) is 37.3 Å². The molecule has 1 fully saturated rings. The third kappa shape index (κ3) is 3.57. The molecule has 2 aromatic carbocycles. The van der Waals surface area contributed by atoms with Gasteiger partial charge in [0.2, 0.25) is 0 Å². The highest BCUT2D eigenvalue weighted by atomic mass is 16.5. The molecule has 23 heavy (non-hydrogen) atoms. The lowest BCUT2D eigenvalue weighted by Crippen LogP contribution is -2.42. The predicted molar refractivity (Wildman–Crippen MR) is 90.8 cm³/mol. The molecule has 0 atom stereocenters. The number of rotatable bonds is 4. The van der Waals surface area contributed by atoms with Crippen molar-refractivity contribution in [3.63, 3.8) is 0 Å². The van der Waals surface area contributed by atoms with Gasteiger partial charge in [0.1, 0.15) is 11.5 Å². The maximum Gasteiger partial charge on any atom is 0.127 e. The quantitative estimate of drug-likeness (QED) is 0.896. The second-order valence-electron chi connectivity index (χ2n) is 6.89. The molecule has 0 aliphatic heterocycles. The molecule has 0 aromatic heterocycles. The van der Waals surface area contributed by atoms with Crippen molar-refractivity contribution in [3.05, 3.63) is 60.2 Å². The molecular weight excluding hydrogens is 288 g/mol. The zero-order valence-electron chi connectivity index (χ0n) is 13.5. The Labute approximate surface area is 137 Å². The van der Waals surface area contributed by atoms with Crippen LogP contribution in [0, 0.1) is 0 Å². The molecule has 0 bridgehead atoms. The van der Waals surface area contributed by atoms with Gasteiger partial charge in [-0.25, -0.2) is 0 Å². The van der Waals surface area contributed by atoms with Crippen molar-refractivity contribution in [1.29, 1.82) is 0 Å². The van der Waals surface area contributed by atoms with Crippen LogP contribution in [0.3, 0.4) is 0 Å². The summed E-state index contributed by atoms with van der Waals surface area (Å²) in [5.74, 6) is 1.66. The van der Waals surface area contributed by atoms with Gasteiger partial charge in [0.05, 0.1) is 12.2 Å². The van der Waals surface area contributed by atoms with E-state index < -0.39 is 5.60 Å². The molecular formula is C20H24O3. The van der Waals surface area contributed by atoms with Crippen molar-refractivity contribution in [1.82, 2.24) is 0 Å². The van der Waals surface area contributed by atoms with Crippen molar-refractivity contribution >= 4 is 0 Å². The maximum absolute atomic E-state index is 10.2. The van der Waals surface area contributed by atoms with Crippen LogP contribution in [0.15, 0.2) is 54.6 Å². The third-order valence-electron chi connectivity index (χ3n) is 5.09. The Balaban J connectivity index is 1.77. The molecule has 3 rings (SSSR count). The molecule has 3 heteroatoms. The molecule has 0 saturated heterocycles. The molecule has 2 N–H and O–H groups in total. The second-order valence-corrected chi connectivity index (χ2v) is 6.89. The van der Waals surface area contributed by atoms with Crippen LogP contribution in [-0.4, -0.2) is 22.4 Å². The monoisotopic (exact) mass is 312 g/mol. The summed E-state index contributed by atoms with van der Waals surface area (Å²) in [7, 11) is 0. The normalized spacial score (nSPS) is 27.6. The summed E-state index contributed by atoms with van der Waals surface area (Å²) in [5, 5.41) is 19.6. The van der Waals surface area contributed by atoms with Gasteiger partial charge in [0, 0.05) is 0 Å². The van der Waals surface area contributed by atoms with Crippen molar-refractivity contribution < 1.29 is 14.9 Å². The van der Waals surface area contributed by atoms with Gasteiger partial charge in [-0.3, -0.25) is 0 Å². The lowest BCUT2D eigenvalue weighted by molar-refractivity contribution is -0.0550. The highest BCUT2D eigenvalue weighted by Crippen LogP contribution is 2.43. The zero-order valence-corrected chi connectivity index (χ0v) is 13.5. The summed E-state index contributed by atoms with van der Waals surface area (Å²) < 4.78 is 5.93. The first-order chi connectivity index (χ1) is 11.0. The number of para-hydroxylation sites is 1. The molecule has 1 aliphatic carbocycles. The average molecular weight is 312 g/mol. The van der Waals surface area contributed by atoms with Crippen molar-refractivity contribution in [2.45, 2.75) is 43.6 Å². The maximum atomic E-state index is 10.2. The molecule has 0 radical (unpaired) electrons. The number of benzene rings is 2.